The largest absolute Gasteiger partial charge is 0.323 e. The van der Waals surface area contributed by atoms with Crippen molar-refractivity contribution in [2.24, 2.45) is 11.7 Å². The number of hydrogen-bond acceptors (Lipinski definition) is 3. The molecule has 122 valence electrons. The van der Waals surface area contributed by atoms with Gasteiger partial charge in [-0.15, -0.1) is 0 Å². The van der Waals surface area contributed by atoms with Crippen LogP contribution in [0.15, 0.2) is 36.5 Å². The summed E-state index contributed by atoms with van der Waals surface area (Å²) in [7, 11) is 0. The van der Waals surface area contributed by atoms with E-state index in [-0.39, 0.29) is 6.04 Å². The van der Waals surface area contributed by atoms with E-state index >= 15 is 0 Å². The maximum Gasteiger partial charge on any atom is 0.0595 e. The van der Waals surface area contributed by atoms with Crippen molar-refractivity contribution >= 4 is 34.8 Å². The van der Waals surface area contributed by atoms with Crippen LogP contribution < -0.4 is 11.1 Å². The fraction of sp³-hybridized carbons (Fsp3) is 0.353. The molecule has 3 N–H and O–H groups in total. The number of rotatable bonds is 4. The minimum absolute atomic E-state index is 0.109. The molecule has 3 rings (SSSR count). The Morgan fingerprint density at radius 3 is 2.65 bits per heavy atom. The molecule has 0 saturated carbocycles. The van der Waals surface area contributed by atoms with Gasteiger partial charge < -0.3 is 11.1 Å². The summed E-state index contributed by atoms with van der Waals surface area (Å²) in [6.45, 7) is 1.86. The lowest BCUT2D eigenvalue weighted by molar-refractivity contribution is 0.429. The van der Waals surface area contributed by atoms with E-state index in [0.29, 0.717) is 26.9 Å². The third-order valence-corrected chi connectivity index (χ3v) is 5.36. The van der Waals surface area contributed by atoms with Crippen molar-refractivity contribution in [3.05, 3.63) is 62.9 Å². The quantitative estimate of drug-likeness (QED) is 0.837. The molecule has 1 unspecified atom stereocenters. The van der Waals surface area contributed by atoms with Gasteiger partial charge in [-0.25, -0.2) is 0 Å². The fourth-order valence-corrected chi connectivity index (χ4v) is 3.59. The van der Waals surface area contributed by atoms with Gasteiger partial charge in [0.05, 0.1) is 20.8 Å². The first-order valence-corrected chi connectivity index (χ1v) is 8.70. The van der Waals surface area contributed by atoms with E-state index in [1.807, 2.05) is 30.3 Å². The Kier molecular flexibility index (Phi) is 5.45. The minimum atomic E-state index is -0.109. The lowest BCUT2D eigenvalue weighted by atomic mass is 9.84. The predicted octanol–water partition coefficient (Wildman–Crippen LogP) is 4.43. The van der Waals surface area contributed by atoms with Crippen LogP contribution in [0.4, 0.5) is 0 Å². The second-order valence-corrected chi connectivity index (χ2v) is 7.19. The maximum absolute atomic E-state index is 6.34. The Bertz CT molecular complexity index is 675. The highest BCUT2D eigenvalue weighted by atomic mass is 35.5. The van der Waals surface area contributed by atoms with Gasteiger partial charge in [-0.2, -0.15) is 0 Å². The number of pyridine rings is 1. The van der Waals surface area contributed by atoms with Crippen molar-refractivity contribution in [3.63, 3.8) is 0 Å². The monoisotopic (exact) mass is 369 g/mol. The van der Waals surface area contributed by atoms with Gasteiger partial charge in [0.2, 0.25) is 0 Å². The molecule has 1 aromatic heterocycles. The van der Waals surface area contributed by atoms with E-state index in [1.165, 1.54) is 5.56 Å². The van der Waals surface area contributed by atoms with Gasteiger partial charge in [-0.05, 0) is 48.7 Å². The smallest absolute Gasteiger partial charge is 0.0595 e. The summed E-state index contributed by atoms with van der Waals surface area (Å²) in [5.74, 6) is 0.808. The number of benzene rings is 1. The molecule has 0 aliphatic carbocycles. The topological polar surface area (TPSA) is 50.9 Å². The van der Waals surface area contributed by atoms with E-state index in [4.69, 9.17) is 40.5 Å². The molecule has 3 atom stereocenters. The van der Waals surface area contributed by atoms with Crippen LogP contribution in [0.2, 0.25) is 15.1 Å². The fourth-order valence-electron chi connectivity index (χ4n) is 3.17. The summed E-state index contributed by atoms with van der Waals surface area (Å²) in [4.78, 5) is 4.33. The Balaban J connectivity index is 1.73. The zero-order valence-corrected chi connectivity index (χ0v) is 14.7. The second-order valence-electron chi connectivity index (χ2n) is 5.94. The van der Waals surface area contributed by atoms with Gasteiger partial charge in [0.1, 0.15) is 0 Å². The molecule has 0 amide bonds. The van der Waals surface area contributed by atoms with E-state index in [9.17, 15) is 0 Å². The summed E-state index contributed by atoms with van der Waals surface area (Å²) in [6.07, 6.45) is 2.49. The van der Waals surface area contributed by atoms with Gasteiger partial charge in [0.25, 0.3) is 0 Å². The van der Waals surface area contributed by atoms with Crippen LogP contribution in [0, 0.1) is 5.92 Å². The van der Waals surface area contributed by atoms with Crippen molar-refractivity contribution in [1.82, 2.24) is 10.3 Å². The predicted molar refractivity (Wildman–Crippen MR) is 96.4 cm³/mol. The van der Waals surface area contributed by atoms with Crippen LogP contribution >= 0.6 is 34.8 Å². The Hall–Kier alpha value is -0.840. The number of nitrogens with one attached hydrogen (secondary N) is 1. The van der Waals surface area contributed by atoms with E-state index in [1.54, 1.807) is 6.20 Å². The molecule has 3 nitrogen and oxygen atoms in total. The highest BCUT2D eigenvalue weighted by molar-refractivity contribution is 6.42. The number of halogens is 3. The van der Waals surface area contributed by atoms with Crippen LogP contribution in [0.5, 0.6) is 0 Å². The Morgan fingerprint density at radius 1 is 1.13 bits per heavy atom. The molecule has 23 heavy (non-hydrogen) atoms. The van der Waals surface area contributed by atoms with E-state index in [0.717, 1.165) is 25.2 Å². The highest BCUT2D eigenvalue weighted by Gasteiger charge is 2.30. The molecule has 0 spiro atoms. The highest BCUT2D eigenvalue weighted by Crippen LogP contribution is 2.36. The van der Waals surface area contributed by atoms with Crippen molar-refractivity contribution in [3.8, 4) is 0 Å². The Labute approximate surface area is 151 Å². The van der Waals surface area contributed by atoms with Crippen molar-refractivity contribution in [2.75, 3.05) is 13.1 Å². The molecule has 1 aliphatic rings. The molecule has 1 fully saturated rings. The van der Waals surface area contributed by atoms with E-state index < -0.39 is 0 Å². The molecule has 1 saturated heterocycles. The number of nitrogens with two attached hydrogens (primary N) is 1. The van der Waals surface area contributed by atoms with Gasteiger partial charge in [0.15, 0.2) is 0 Å². The lowest BCUT2D eigenvalue weighted by Crippen LogP contribution is -2.20. The molecular weight excluding hydrogens is 353 g/mol. The van der Waals surface area contributed by atoms with Crippen LogP contribution in [-0.2, 0) is 0 Å². The van der Waals surface area contributed by atoms with E-state index in [2.05, 4.69) is 10.3 Å². The third kappa shape index (κ3) is 3.98. The number of nitrogens with zero attached hydrogens (tertiary/aromatic N) is 1. The lowest BCUT2D eigenvalue weighted by Gasteiger charge is -2.22. The summed E-state index contributed by atoms with van der Waals surface area (Å²) in [5, 5.41) is 5.25. The summed E-state index contributed by atoms with van der Waals surface area (Å²) in [6, 6.07) is 9.47. The molecule has 2 heterocycles. The van der Waals surface area contributed by atoms with Gasteiger partial charge >= 0.3 is 0 Å². The summed E-state index contributed by atoms with van der Waals surface area (Å²) < 4.78 is 0. The standard InChI is InChI=1S/C17H18Cl3N3/c18-12-2-4-17(23-8-12)16(21)6-11-7-22-9-13(11)10-1-3-14(19)15(20)5-10/h1-5,8,11,13,16,22H,6-7,9,21H2/t11-,13+,16?/m0/s1. The van der Waals surface area contributed by atoms with Crippen molar-refractivity contribution in [1.29, 1.82) is 0 Å². The van der Waals surface area contributed by atoms with Crippen LogP contribution in [0.3, 0.4) is 0 Å². The molecule has 2 aromatic rings. The molecule has 0 bridgehead atoms. The molecule has 6 heteroatoms. The first kappa shape index (κ1) is 17.0. The minimum Gasteiger partial charge on any atom is -0.323 e. The zero-order valence-electron chi connectivity index (χ0n) is 12.5. The molecule has 1 aliphatic heterocycles. The number of hydrogen-bond donors (Lipinski definition) is 2. The number of aromatic nitrogens is 1. The SMILES string of the molecule is NC(C[C@H]1CNC[C@@H]1c1ccc(Cl)c(Cl)c1)c1ccc(Cl)cn1. The van der Waals surface area contributed by atoms with Gasteiger partial charge in [-0.1, -0.05) is 40.9 Å². The first-order valence-electron chi connectivity index (χ1n) is 7.57. The molecule has 1 aromatic carbocycles. The summed E-state index contributed by atoms with van der Waals surface area (Å²) in [5.41, 5.74) is 8.41. The van der Waals surface area contributed by atoms with Crippen LogP contribution in [-0.4, -0.2) is 18.1 Å². The maximum atomic E-state index is 6.34. The third-order valence-electron chi connectivity index (χ3n) is 4.40. The van der Waals surface area contributed by atoms with Crippen LogP contribution in [0.1, 0.15) is 29.6 Å². The Morgan fingerprint density at radius 2 is 1.96 bits per heavy atom. The average molecular weight is 371 g/mol. The van der Waals surface area contributed by atoms with Gasteiger partial charge in [-0.3, -0.25) is 4.98 Å². The van der Waals surface area contributed by atoms with Crippen LogP contribution in [0.25, 0.3) is 0 Å². The van der Waals surface area contributed by atoms with Crippen molar-refractivity contribution in [2.45, 2.75) is 18.4 Å². The van der Waals surface area contributed by atoms with Gasteiger partial charge in [0, 0.05) is 24.7 Å². The van der Waals surface area contributed by atoms with Crippen molar-refractivity contribution < 1.29 is 0 Å². The molecule has 0 radical (unpaired) electrons. The summed E-state index contributed by atoms with van der Waals surface area (Å²) >= 11 is 18.1. The first-order chi connectivity index (χ1) is 11.0. The second kappa shape index (κ2) is 7.37. The molecular formula is C17H18Cl3N3. The normalized spacial score (nSPS) is 22.3. The average Bonchev–Trinajstić information content (AvgIpc) is 2.99. The zero-order chi connectivity index (χ0) is 16.4.